The molecule has 0 radical (unpaired) electrons. The number of non-ortho nitro benzene ring substituents is 1. The molecule has 1 aliphatic heterocycles. The van der Waals surface area contributed by atoms with Gasteiger partial charge in [0.2, 0.25) is 5.84 Å². The Balaban J connectivity index is 1.47. The molecule has 218 valence electrons. The van der Waals surface area contributed by atoms with Crippen LogP contribution in [-0.2, 0) is 4.28 Å². The standard InChI is InChI=1S/C33H25N5O4S2/c1-19-12-17-24(21(3)18-19)28-29(33-34-26-10-6-7-11-27(26)43-33)30(36-32(39)25-9-5-4-8-20(25)2)35-31(28)37-42-44-23-15-13-22(14-16-23)38(40)41/h4-18H,1-3H3,(H,35,36,37,39). The molecule has 44 heavy (non-hydrogen) atoms. The summed E-state index contributed by atoms with van der Waals surface area (Å²) in [7, 11) is 0. The number of thiazole rings is 1. The number of nitro benzene ring substituents is 1. The Morgan fingerprint density at radius 3 is 2.41 bits per heavy atom. The number of amides is 1. The van der Waals surface area contributed by atoms with Crippen molar-refractivity contribution >= 4 is 68.0 Å². The zero-order valence-electron chi connectivity index (χ0n) is 23.9. The number of rotatable bonds is 7. The minimum atomic E-state index is -0.458. The molecule has 0 bridgehead atoms. The van der Waals surface area contributed by atoms with Crippen LogP contribution in [0.3, 0.4) is 0 Å². The summed E-state index contributed by atoms with van der Waals surface area (Å²) in [6.45, 7) is 5.92. The van der Waals surface area contributed by atoms with Crippen LogP contribution in [-0.4, -0.2) is 27.5 Å². The lowest BCUT2D eigenvalue weighted by atomic mass is 9.95. The average Bonchev–Trinajstić information content (AvgIpc) is 3.58. The van der Waals surface area contributed by atoms with Gasteiger partial charge < -0.3 is 9.60 Å². The van der Waals surface area contributed by atoms with Crippen LogP contribution in [0.4, 0.5) is 5.69 Å². The number of nitro groups is 1. The molecule has 2 heterocycles. The van der Waals surface area contributed by atoms with E-state index in [0.29, 0.717) is 32.4 Å². The van der Waals surface area contributed by atoms with Gasteiger partial charge in [0.05, 0.1) is 25.6 Å². The molecule has 0 spiro atoms. The molecule has 0 fully saturated rings. The molecule has 1 N–H and O–H groups in total. The summed E-state index contributed by atoms with van der Waals surface area (Å²) in [5.74, 6) is 0.276. The van der Waals surface area contributed by atoms with E-state index in [9.17, 15) is 14.9 Å². The average molecular weight is 620 g/mol. The minimum Gasteiger partial charge on any atom is -0.315 e. The van der Waals surface area contributed by atoms with Crippen LogP contribution in [0.15, 0.2) is 106 Å². The number of carbonyl (C=O) groups is 1. The van der Waals surface area contributed by atoms with Gasteiger partial charge in [-0.2, -0.15) is 0 Å². The molecule has 0 aliphatic carbocycles. The maximum Gasteiger partial charge on any atom is 0.269 e. The van der Waals surface area contributed by atoms with Gasteiger partial charge in [-0.15, -0.1) is 11.3 Å². The molecular formula is C33H25N5O4S2. The van der Waals surface area contributed by atoms with Gasteiger partial charge >= 0.3 is 0 Å². The molecule has 11 heteroatoms. The van der Waals surface area contributed by atoms with Crippen LogP contribution in [0.1, 0.15) is 37.6 Å². The molecule has 4 aromatic carbocycles. The van der Waals surface area contributed by atoms with Crippen LogP contribution >= 0.6 is 23.4 Å². The van der Waals surface area contributed by atoms with E-state index < -0.39 is 4.92 Å². The first-order valence-corrected chi connectivity index (χ1v) is 15.1. The topological polar surface area (TPSA) is 119 Å². The van der Waals surface area contributed by atoms with Crippen LogP contribution in [0.5, 0.6) is 0 Å². The Morgan fingerprint density at radius 2 is 1.68 bits per heavy atom. The quantitative estimate of drug-likeness (QED) is 0.112. The van der Waals surface area contributed by atoms with Gasteiger partial charge in [0.25, 0.3) is 11.6 Å². The zero-order valence-corrected chi connectivity index (χ0v) is 25.5. The Bertz CT molecular complexity index is 2000. The summed E-state index contributed by atoms with van der Waals surface area (Å²) in [4.78, 5) is 34.5. The van der Waals surface area contributed by atoms with Crippen molar-refractivity contribution in [3.05, 3.63) is 134 Å². The van der Waals surface area contributed by atoms with E-state index in [1.54, 1.807) is 18.2 Å². The summed E-state index contributed by atoms with van der Waals surface area (Å²) in [5, 5.41) is 19.1. The monoisotopic (exact) mass is 619 g/mol. The van der Waals surface area contributed by atoms with Crippen molar-refractivity contribution in [3.63, 3.8) is 0 Å². The van der Waals surface area contributed by atoms with Gasteiger partial charge in [0.15, 0.2) is 0 Å². The minimum absolute atomic E-state index is 0.0179. The van der Waals surface area contributed by atoms with Gasteiger partial charge in [-0.25, -0.2) is 9.98 Å². The predicted octanol–water partition coefficient (Wildman–Crippen LogP) is 7.92. The normalized spacial score (nSPS) is 13.8. The lowest BCUT2D eigenvalue weighted by molar-refractivity contribution is -0.384. The maximum absolute atomic E-state index is 13.6. The summed E-state index contributed by atoms with van der Waals surface area (Å²) >= 11 is 2.45. The van der Waals surface area contributed by atoms with E-state index in [-0.39, 0.29) is 17.4 Å². The molecule has 1 aliphatic rings. The number of nitrogens with one attached hydrogen (secondary N) is 1. The van der Waals surface area contributed by atoms with E-state index in [4.69, 9.17) is 14.3 Å². The van der Waals surface area contributed by atoms with Crippen LogP contribution in [0, 0.1) is 30.9 Å². The van der Waals surface area contributed by atoms with Crippen molar-refractivity contribution < 1.29 is 14.0 Å². The molecule has 0 saturated heterocycles. The SMILES string of the molecule is Cc1ccc(C2=C(c3nc4ccccc4s3)C(NC(=O)c3ccccc3C)=N/C2=N\OSc2ccc([N+](=O)[O-])cc2)c(C)c1. The molecule has 1 amide bonds. The fourth-order valence-corrected chi connectivity index (χ4v) is 6.32. The third kappa shape index (κ3) is 5.87. The molecular weight excluding hydrogens is 595 g/mol. The highest BCUT2D eigenvalue weighted by Gasteiger charge is 2.33. The molecule has 1 aromatic heterocycles. The number of amidine groups is 2. The fraction of sp³-hybridized carbons (Fsp3) is 0.0909. The van der Waals surface area contributed by atoms with Gasteiger partial charge in [-0.05, 0) is 72.9 Å². The number of hydrogen-bond donors (Lipinski definition) is 1. The number of fused-ring (bicyclic) bond motifs is 1. The number of para-hydroxylation sites is 1. The Morgan fingerprint density at radius 1 is 0.932 bits per heavy atom. The summed E-state index contributed by atoms with van der Waals surface area (Å²) in [6, 6.07) is 27.3. The highest BCUT2D eigenvalue weighted by Crippen LogP contribution is 2.39. The van der Waals surface area contributed by atoms with Crippen molar-refractivity contribution in [1.82, 2.24) is 10.3 Å². The number of carbonyl (C=O) groups excluding carboxylic acids is 1. The van der Waals surface area contributed by atoms with E-state index in [0.717, 1.165) is 44.5 Å². The van der Waals surface area contributed by atoms with Gasteiger partial charge in [0, 0.05) is 23.3 Å². The Labute approximate surface area is 261 Å². The van der Waals surface area contributed by atoms with Crippen LogP contribution in [0.2, 0.25) is 0 Å². The molecule has 5 aromatic rings. The third-order valence-electron chi connectivity index (χ3n) is 7.01. The summed E-state index contributed by atoms with van der Waals surface area (Å²) in [5.41, 5.74) is 6.46. The first-order valence-electron chi connectivity index (χ1n) is 13.6. The van der Waals surface area contributed by atoms with E-state index in [1.807, 2.05) is 75.4 Å². The third-order valence-corrected chi connectivity index (χ3v) is 8.68. The fourth-order valence-electron chi connectivity index (χ4n) is 4.86. The Hall–Kier alpha value is -5.13. The second kappa shape index (κ2) is 12.2. The molecule has 0 atom stereocenters. The first kappa shape index (κ1) is 29.0. The highest BCUT2D eigenvalue weighted by atomic mass is 32.2. The molecule has 0 saturated carbocycles. The number of oxime groups is 1. The number of hydrogen-bond acceptors (Lipinski definition) is 8. The van der Waals surface area contributed by atoms with Gasteiger partial charge in [-0.3, -0.25) is 14.9 Å². The zero-order chi connectivity index (χ0) is 30.8. The smallest absolute Gasteiger partial charge is 0.269 e. The van der Waals surface area contributed by atoms with Gasteiger partial charge in [0.1, 0.15) is 22.9 Å². The van der Waals surface area contributed by atoms with E-state index in [2.05, 4.69) is 16.5 Å². The number of benzene rings is 4. The first-order chi connectivity index (χ1) is 21.3. The number of aryl methyl sites for hydroxylation is 3. The number of aliphatic imine (C=N–C) groups is 1. The molecule has 9 nitrogen and oxygen atoms in total. The largest absolute Gasteiger partial charge is 0.315 e. The highest BCUT2D eigenvalue weighted by molar-refractivity contribution is 7.94. The van der Waals surface area contributed by atoms with Crippen molar-refractivity contribution in [2.45, 2.75) is 25.7 Å². The number of aromatic nitrogens is 1. The van der Waals surface area contributed by atoms with Gasteiger partial charge in [-0.1, -0.05) is 54.1 Å². The molecule has 6 rings (SSSR count). The lowest BCUT2D eigenvalue weighted by Gasteiger charge is -2.12. The predicted molar refractivity (Wildman–Crippen MR) is 176 cm³/mol. The van der Waals surface area contributed by atoms with Crippen molar-refractivity contribution in [1.29, 1.82) is 0 Å². The van der Waals surface area contributed by atoms with E-state index in [1.165, 1.54) is 23.5 Å². The lowest BCUT2D eigenvalue weighted by Crippen LogP contribution is -2.31. The van der Waals surface area contributed by atoms with Crippen molar-refractivity contribution in [2.75, 3.05) is 0 Å². The van der Waals surface area contributed by atoms with Crippen molar-refractivity contribution in [2.24, 2.45) is 10.1 Å². The molecule has 0 unspecified atom stereocenters. The van der Waals surface area contributed by atoms with E-state index >= 15 is 0 Å². The maximum atomic E-state index is 13.6. The summed E-state index contributed by atoms with van der Waals surface area (Å²) < 4.78 is 6.68. The second-order valence-electron chi connectivity index (χ2n) is 10.1. The van der Waals surface area contributed by atoms with Crippen molar-refractivity contribution in [3.8, 4) is 0 Å². The second-order valence-corrected chi connectivity index (χ2v) is 11.9. The number of nitrogens with zero attached hydrogens (tertiary/aromatic N) is 4. The summed E-state index contributed by atoms with van der Waals surface area (Å²) in [6.07, 6.45) is 0. The van der Waals surface area contributed by atoms with Crippen LogP contribution < -0.4 is 5.32 Å². The van der Waals surface area contributed by atoms with Crippen LogP contribution in [0.25, 0.3) is 21.4 Å². The Kier molecular flexibility index (Phi) is 8.05.